The fraction of sp³-hybridized carbons (Fsp3) is 0.333. The van der Waals surface area contributed by atoms with E-state index in [1.807, 2.05) is 24.3 Å². The Morgan fingerprint density at radius 3 is 2.95 bits per heavy atom. The van der Waals surface area contributed by atoms with Gasteiger partial charge in [-0.05, 0) is 37.1 Å². The van der Waals surface area contributed by atoms with E-state index in [1.54, 1.807) is 0 Å². The molecule has 3 rings (SSSR count). The average molecular weight is 305 g/mol. The summed E-state index contributed by atoms with van der Waals surface area (Å²) in [5.74, 6) is 0.658. The van der Waals surface area contributed by atoms with E-state index >= 15 is 0 Å². The number of carbonyl (C=O) groups excluding carboxylic acids is 1. The molecular formula is C15H17ClN4O. The Morgan fingerprint density at radius 2 is 2.14 bits per heavy atom. The van der Waals surface area contributed by atoms with Crippen molar-refractivity contribution in [1.82, 2.24) is 15.5 Å². The van der Waals surface area contributed by atoms with Gasteiger partial charge < -0.3 is 10.6 Å². The average Bonchev–Trinajstić information content (AvgIpc) is 2.90. The number of anilines is 1. The molecule has 0 radical (unpaired) electrons. The number of aryl methyl sites for hydroxylation is 1. The smallest absolute Gasteiger partial charge is 0.225 e. The summed E-state index contributed by atoms with van der Waals surface area (Å²) in [6.45, 7) is 1.70. The first kappa shape index (κ1) is 14.1. The lowest BCUT2D eigenvalue weighted by atomic mass is 10.1. The molecule has 1 aliphatic heterocycles. The summed E-state index contributed by atoms with van der Waals surface area (Å²) in [5.41, 5.74) is 3.28. The quantitative estimate of drug-likeness (QED) is 0.811. The Labute approximate surface area is 128 Å². The molecule has 0 fully saturated rings. The van der Waals surface area contributed by atoms with Crippen molar-refractivity contribution in [3.05, 3.63) is 46.1 Å². The zero-order chi connectivity index (χ0) is 14.7. The second-order valence-corrected chi connectivity index (χ2v) is 5.57. The van der Waals surface area contributed by atoms with Crippen molar-refractivity contribution in [3.63, 3.8) is 0 Å². The minimum absolute atomic E-state index is 0.0159. The Hall–Kier alpha value is -1.85. The molecule has 0 unspecified atom stereocenters. The second kappa shape index (κ2) is 6.28. The number of amides is 1. The van der Waals surface area contributed by atoms with Gasteiger partial charge in [0.15, 0.2) is 5.82 Å². The van der Waals surface area contributed by atoms with E-state index in [1.165, 1.54) is 0 Å². The molecule has 1 aromatic carbocycles. The molecule has 1 aliphatic rings. The lowest BCUT2D eigenvalue weighted by Gasteiger charge is -2.13. The third-order valence-corrected chi connectivity index (χ3v) is 3.87. The lowest BCUT2D eigenvalue weighted by molar-refractivity contribution is -0.116. The van der Waals surface area contributed by atoms with Gasteiger partial charge in [0, 0.05) is 23.6 Å². The maximum Gasteiger partial charge on any atom is 0.225 e. The second-order valence-electron chi connectivity index (χ2n) is 5.13. The van der Waals surface area contributed by atoms with Gasteiger partial charge in [0.25, 0.3) is 0 Å². The predicted octanol–water partition coefficient (Wildman–Crippen LogP) is 2.28. The van der Waals surface area contributed by atoms with Crippen molar-refractivity contribution in [2.45, 2.75) is 25.8 Å². The van der Waals surface area contributed by atoms with Crippen molar-refractivity contribution in [2.24, 2.45) is 0 Å². The van der Waals surface area contributed by atoms with Crippen molar-refractivity contribution < 1.29 is 4.79 Å². The van der Waals surface area contributed by atoms with E-state index < -0.39 is 0 Å². The molecule has 0 bridgehead atoms. The molecule has 110 valence electrons. The van der Waals surface area contributed by atoms with Gasteiger partial charge in [-0.3, -0.25) is 9.89 Å². The van der Waals surface area contributed by atoms with E-state index in [-0.39, 0.29) is 5.91 Å². The molecule has 0 aliphatic carbocycles. The van der Waals surface area contributed by atoms with Gasteiger partial charge in [0.2, 0.25) is 5.91 Å². The predicted molar refractivity (Wildman–Crippen MR) is 82.4 cm³/mol. The number of aromatic nitrogens is 2. The van der Waals surface area contributed by atoms with Crippen LogP contribution in [-0.2, 0) is 24.2 Å². The summed E-state index contributed by atoms with van der Waals surface area (Å²) in [5, 5.41) is 14.0. The molecule has 1 amide bonds. The third-order valence-electron chi connectivity index (χ3n) is 3.62. The first-order valence-corrected chi connectivity index (χ1v) is 7.41. The monoisotopic (exact) mass is 304 g/mol. The highest BCUT2D eigenvalue weighted by molar-refractivity contribution is 6.30. The number of H-pyrrole nitrogens is 1. The number of aromatic amines is 1. The fourth-order valence-electron chi connectivity index (χ4n) is 2.45. The molecule has 6 heteroatoms. The number of fused-ring (bicyclic) bond motifs is 1. The highest BCUT2D eigenvalue weighted by Crippen LogP contribution is 2.20. The van der Waals surface area contributed by atoms with Crippen LogP contribution in [0, 0.1) is 0 Å². The van der Waals surface area contributed by atoms with Crippen LogP contribution >= 0.6 is 11.6 Å². The van der Waals surface area contributed by atoms with Crippen LogP contribution in [0.4, 0.5) is 5.82 Å². The van der Waals surface area contributed by atoms with Gasteiger partial charge in [0.05, 0.1) is 5.69 Å². The van der Waals surface area contributed by atoms with Gasteiger partial charge in [-0.25, -0.2) is 0 Å². The van der Waals surface area contributed by atoms with Gasteiger partial charge in [-0.2, -0.15) is 5.10 Å². The molecule has 1 aromatic heterocycles. The Bertz CT molecular complexity index is 636. The number of rotatable bonds is 4. The van der Waals surface area contributed by atoms with Crippen molar-refractivity contribution in [1.29, 1.82) is 0 Å². The summed E-state index contributed by atoms with van der Waals surface area (Å²) >= 11 is 5.84. The maximum absolute atomic E-state index is 12.0. The molecule has 2 aromatic rings. The third kappa shape index (κ3) is 3.43. The highest BCUT2D eigenvalue weighted by Gasteiger charge is 2.17. The fourth-order valence-corrected chi connectivity index (χ4v) is 2.58. The van der Waals surface area contributed by atoms with Crippen LogP contribution in [0.2, 0.25) is 5.02 Å². The molecule has 0 atom stereocenters. The maximum atomic E-state index is 12.0. The molecule has 3 N–H and O–H groups in total. The summed E-state index contributed by atoms with van der Waals surface area (Å²) < 4.78 is 0. The van der Waals surface area contributed by atoms with E-state index in [9.17, 15) is 4.79 Å². The largest absolute Gasteiger partial charge is 0.311 e. The summed E-state index contributed by atoms with van der Waals surface area (Å²) in [6.07, 6.45) is 2.01. The number of nitrogens with one attached hydrogen (secondary N) is 3. The van der Waals surface area contributed by atoms with Crippen LogP contribution in [0.25, 0.3) is 0 Å². The summed E-state index contributed by atoms with van der Waals surface area (Å²) in [4.78, 5) is 12.0. The van der Waals surface area contributed by atoms with Crippen LogP contribution in [0.15, 0.2) is 24.3 Å². The first-order chi connectivity index (χ1) is 10.2. The zero-order valence-electron chi connectivity index (χ0n) is 11.6. The molecule has 2 heterocycles. The number of hydrogen-bond donors (Lipinski definition) is 3. The standard InChI is InChI=1S/C15H17ClN4O/c16-11-4-1-10(2-5-11)3-6-14(21)18-15-12-7-8-17-9-13(12)19-20-15/h1-2,4-5,17H,3,6-9H2,(H2,18,19,20,21). The lowest BCUT2D eigenvalue weighted by Crippen LogP contribution is -2.24. The van der Waals surface area contributed by atoms with Crippen LogP contribution in [0.3, 0.4) is 0 Å². The van der Waals surface area contributed by atoms with E-state index in [4.69, 9.17) is 11.6 Å². The molecule has 5 nitrogen and oxygen atoms in total. The van der Waals surface area contributed by atoms with Crippen molar-refractivity contribution in [3.8, 4) is 0 Å². The topological polar surface area (TPSA) is 69.8 Å². The zero-order valence-corrected chi connectivity index (χ0v) is 12.3. The summed E-state index contributed by atoms with van der Waals surface area (Å²) in [6, 6.07) is 7.56. The highest BCUT2D eigenvalue weighted by atomic mass is 35.5. The van der Waals surface area contributed by atoms with Crippen molar-refractivity contribution in [2.75, 3.05) is 11.9 Å². The Kier molecular flexibility index (Phi) is 4.22. The number of carbonyl (C=O) groups is 1. The molecular weight excluding hydrogens is 288 g/mol. The number of hydrogen-bond acceptors (Lipinski definition) is 3. The Balaban J connectivity index is 1.57. The molecule has 0 saturated heterocycles. The van der Waals surface area contributed by atoms with Crippen LogP contribution < -0.4 is 10.6 Å². The SMILES string of the molecule is O=C(CCc1ccc(Cl)cc1)Nc1n[nH]c2c1CCNC2. The van der Waals surface area contributed by atoms with Gasteiger partial charge >= 0.3 is 0 Å². The molecule has 21 heavy (non-hydrogen) atoms. The minimum atomic E-state index is -0.0159. The normalized spacial score (nSPS) is 13.8. The van der Waals surface area contributed by atoms with E-state index in [0.29, 0.717) is 23.7 Å². The minimum Gasteiger partial charge on any atom is -0.311 e. The van der Waals surface area contributed by atoms with Crippen LogP contribution in [-0.4, -0.2) is 22.6 Å². The van der Waals surface area contributed by atoms with Gasteiger partial charge in [0.1, 0.15) is 0 Å². The van der Waals surface area contributed by atoms with E-state index in [0.717, 1.165) is 36.3 Å². The van der Waals surface area contributed by atoms with Gasteiger partial charge in [-0.15, -0.1) is 0 Å². The number of halogens is 1. The molecule has 0 saturated carbocycles. The molecule has 0 spiro atoms. The van der Waals surface area contributed by atoms with Crippen molar-refractivity contribution >= 4 is 23.3 Å². The Morgan fingerprint density at radius 1 is 1.33 bits per heavy atom. The number of nitrogens with zero attached hydrogens (tertiary/aromatic N) is 1. The van der Waals surface area contributed by atoms with E-state index in [2.05, 4.69) is 20.8 Å². The summed E-state index contributed by atoms with van der Waals surface area (Å²) in [7, 11) is 0. The van der Waals surface area contributed by atoms with Gasteiger partial charge in [-0.1, -0.05) is 23.7 Å². The first-order valence-electron chi connectivity index (χ1n) is 7.03. The van der Waals surface area contributed by atoms with Crippen LogP contribution in [0.5, 0.6) is 0 Å². The number of benzene rings is 1. The van der Waals surface area contributed by atoms with Crippen LogP contribution in [0.1, 0.15) is 23.2 Å².